The Morgan fingerprint density at radius 1 is 1.19 bits per heavy atom. The van der Waals surface area contributed by atoms with Crippen LogP contribution in [0.2, 0.25) is 0 Å². The van der Waals surface area contributed by atoms with E-state index in [1.54, 1.807) is 0 Å². The number of alkyl halides is 3. The van der Waals surface area contributed by atoms with E-state index in [2.05, 4.69) is 0 Å². The Morgan fingerprint density at radius 3 is 2.25 bits per heavy atom. The van der Waals surface area contributed by atoms with Crippen LogP contribution in [0.4, 0.5) is 13.2 Å². The molecule has 0 bridgehead atoms. The minimum absolute atomic E-state index is 0.364. The maximum Gasteiger partial charge on any atom is 0.390 e. The van der Waals surface area contributed by atoms with Crippen molar-refractivity contribution in [2.24, 2.45) is 5.73 Å². The van der Waals surface area contributed by atoms with Gasteiger partial charge >= 0.3 is 6.18 Å². The van der Waals surface area contributed by atoms with Crippen LogP contribution in [-0.4, -0.2) is 12.2 Å². The van der Waals surface area contributed by atoms with Crippen molar-refractivity contribution < 1.29 is 13.2 Å². The van der Waals surface area contributed by atoms with Gasteiger partial charge in [0.2, 0.25) is 0 Å². The lowest BCUT2D eigenvalue weighted by molar-refractivity contribution is -0.138. The first-order valence-corrected chi connectivity index (χ1v) is 5.25. The molecule has 0 amide bonds. The Bertz CT molecular complexity index is 316. The van der Waals surface area contributed by atoms with Gasteiger partial charge in [0.15, 0.2) is 0 Å². The van der Waals surface area contributed by atoms with Gasteiger partial charge in [0.1, 0.15) is 0 Å². The third-order valence-electron chi connectivity index (χ3n) is 2.42. The molecule has 0 aliphatic carbocycles. The van der Waals surface area contributed by atoms with Crippen LogP contribution in [0.25, 0.3) is 0 Å². The lowest BCUT2D eigenvalue weighted by Gasteiger charge is -2.13. The normalized spacial score (nSPS) is 13.8. The predicted octanol–water partition coefficient (Wildman–Crippen LogP) is 3.21. The first kappa shape index (κ1) is 13.0. The molecule has 2 N–H and O–H groups in total. The fourth-order valence-electron chi connectivity index (χ4n) is 1.51. The van der Waals surface area contributed by atoms with Crippen molar-refractivity contribution in [2.45, 2.75) is 38.4 Å². The van der Waals surface area contributed by atoms with Crippen molar-refractivity contribution in [3.05, 3.63) is 35.4 Å². The number of halogens is 3. The van der Waals surface area contributed by atoms with E-state index in [1.807, 2.05) is 31.2 Å². The topological polar surface area (TPSA) is 26.0 Å². The van der Waals surface area contributed by atoms with Crippen LogP contribution >= 0.6 is 0 Å². The lowest BCUT2D eigenvalue weighted by Crippen LogP contribution is -2.28. The van der Waals surface area contributed by atoms with Crippen molar-refractivity contribution >= 4 is 0 Å². The van der Waals surface area contributed by atoms with E-state index >= 15 is 0 Å². The van der Waals surface area contributed by atoms with Gasteiger partial charge < -0.3 is 5.73 Å². The molecule has 0 saturated carbocycles. The maximum absolute atomic E-state index is 12.0. The quantitative estimate of drug-likeness (QED) is 0.846. The van der Waals surface area contributed by atoms with E-state index in [-0.39, 0.29) is 0 Å². The summed E-state index contributed by atoms with van der Waals surface area (Å²) in [6, 6.07) is 6.95. The summed E-state index contributed by atoms with van der Waals surface area (Å²) in [5.41, 5.74) is 7.59. The van der Waals surface area contributed by atoms with Gasteiger partial charge in [-0.2, -0.15) is 13.2 Å². The molecule has 0 fully saturated rings. The average Bonchev–Trinajstić information content (AvgIpc) is 2.14. The monoisotopic (exact) mass is 231 g/mol. The number of benzene rings is 1. The molecule has 0 spiro atoms. The number of hydrogen-bond acceptors (Lipinski definition) is 1. The van der Waals surface area contributed by atoms with Crippen LogP contribution in [0.5, 0.6) is 0 Å². The van der Waals surface area contributed by atoms with Gasteiger partial charge in [-0.25, -0.2) is 0 Å². The molecule has 90 valence electrons. The van der Waals surface area contributed by atoms with Gasteiger partial charge in [-0.1, -0.05) is 29.8 Å². The summed E-state index contributed by atoms with van der Waals surface area (Å²) in [4.78, 5) is 0. The molecule has 1 atom stereocenters. The fourth-order valence-corrected chi connectivity index (χ4v) is 1.51. The molecular weight excluding hydrogens is 215 g/mol. The van der Waals surface area contributed by atoms with E-state index in [4.69, 9.17) is 5.73 Å². The molecule has 16 heavy (non-hydrogen) atoms. The van der Waals surface area contributed by atoms with Crippen LogP contribution in [0, 0.1) is 6.92 Å². The molecule has 0 aliphatic heterocycles. The van der Waals surface area contributed by atoms with Gasteiger partial charge in [-0.3, -0.25) is 0 Å². The fraction of sp³-hybridized carbons (Fsp3) is 0.500. The van der Waals surface area contributed by atoms with Crippen molar-refractivity contribution in [3.8, 4) is 0 Å². The standard InChI is InChI=1S/C12H16F3N/c1-9-2-4-10(5-3-9)6-7-11(16)8-12(13,14)15/h2-5,11H,6-8,16H2,1H3. The summed E-state index contributed by atoms with van der Waals surface area (Å²) in [7, 11) is 0. The van der Waals surface area contributed by atoms with Gasteiger partial charge in [-0.15, -0.1) is 0 Å². The minimum Gasteiger partial charge on any atom is -0.327 e. The second kappa shape index (κ2) is 5.34. The highest BCUT2D eigenvalue weighted by atomic mass is 19.4. The van der Waals surface area contributed by atoms with Crippen LogP contribution < -0.4 is 5.73 Å². The summed E-state index contributed by atoms with van der Waals surface area (Å²) in [5, 5.41) is 0. The predicted molar refractivity (Wildman–Crippen MR) is 58.1 cm³/mol. The lowest BCUT2D eigenvalue weighted by atomic mass is 10.0. The summed E-state index contributed by atoms with van der Waals surface area (Å²) in [6.45, 7) is 1.97. The SMILES string of the molecule is Cc1ccc(CCC(N)CC(F)(F)F)cc1. The van der Waals surface area contributed by atoms with Crippen LogP contribution in [0.3, 0.4) is 0 Å². The highest BCUT2D eigenvalue weighted by Crippen LogP contribution is 2.22. The maximum atomic E-state index is 12.0. The highest BCUT2D eigenvalue weighted by molar-refractivity contribution is 5.21. The molecule has 0 aliphatic rings. The Labute approximate surface area is 93.5 Å². The molecule has 1 nitrogen and oxygen atoms in total. The molecular formula is C12H16F3N. The second-order valence-electron chi connectivity index (χ2n) is 4.10. The first-order chi connectivity index (χ1) is 7.37. The van der Waals surface area contributed by atoms with E-state index in [1.165, 1.54) is 0 Å². The third-order valence-corrected chi connectivity index (χ3v) is 2.42. The Balaban J connectivity index is 2.37. The van der Waals surface area contributed by atoms with Crippen LogP contribution in [0.15, 0.2) is 24.3 Å². The van der Waals surface area contributed by atoms with Crippen LogP contribution in [0.1, 0.15) is 24.0 Å². The minimum atomic E-state index is -4.16. The van der Waals surface area contributed by atoms with Crippen molar-refractivity contribution in [1.82, 2.24) is 0 Å². The Kier molecular flexibility index (Phi) is 4.35. The molecule has 1 aromatic rings. The number of hydrogen-bond donors (Lipinski definition) is 1. The number of nitrogens with two attached hydrogens (primary N) is 1. The van der Waals surface area contributed by atoms with E-state index in [0.29, 0.717) is 12.8 Å². The van der Waals surface area contributed by atoms with E-state index in [0.717, 1.165) is 11.1 Å². The van der Waals surface area contributed by atoms with Crippen molar-refractivity contribution in [1.29, 1.82) is 0 Å². The van der Waals surface area contributed by atoms with Gasteiger partial charge in [0.25, 0.3) is 0 Å². The molecule has 1 unspecified atom stereocenters. The Morgan fingerprint density at radius 2 is 1.75 bits per heavy atom. The Hall–Kier alpha value is -1.03. The van der Waals surface area contributed by atoms with Crippen molar-refractivity contribution in [2.75, 3.05) is 0 Å². The summed E-state index contributed by atoms with van der Waals surface area (Å²) in [5.74, 6) is 0. The molecule has 0 saturated heterocycles. The van der Waals surface area contributed by atoms with Crippen LogP contribution in [-0.2, 0) is 6.42 Å². The molecule has 0 aromatic heterocycles. The van der Waals surface area contributed by atoms with Gasteiger partial charge in [0.05, 0.1) is 6.42 Å². The zero-order valence-corrected chi connectivity index (χ0v) is 9.22. The summed E-state index contributed by atoms with van der Waals surface area (Å²) < 4.78 is 36.0. The third kappa shape index (κ3) is 5.16. The summed E-state index contributed by atoms with van der Waals surface area (Å²) >= 11 is 0. The van der Waals surface area contributed by atoms with Crippen molar-refractivity contribution in [3.63, 3.8) is 0 Å². The smallest absolute Gasteiger partial charge is 0.327 e. The molecule has 4 heteroatoms. The highest BCUT2D eigenvalue weighted by Gasteiger charge is 2.29. The second-order valence-corrected chi connectivity index (χ2v) is 4.10. The van der Waals surface area contributed by atoms with Gasteiger partial charge in [-0.05, 0) is 25.3 Å². The zero-order chi connectivity index (χ0) is 12.2. The molecule has 0 heterocycles. The molecule has 0 radical (unpaired) electrons. The van der Waals surface area contributed by atoms with E-state index in [9.17, 15) is 13.2 Å². The largest absolute Gasteiger partial charge is 0.390 e. The average molecular weight is 231 g/mol. The zero-order valence-electron chi connectivity index (χ0n) is 9.22. The molecule has 1 aromatic carbocycles. The first-order valence-electron chi connectivity index (χ1n) is 5.25. The number of aryl methyl sites for hydroxylation is 2. The van der Waals surface area contributed by atoms with Gasteiger partial charge in [0, 0.05) is 6.04 Å². The summed E-state index contributed by atoms with van der Waals surface area (Å²) in [6.07, 6.45) is -4.11. The van der Waals surface area contributed by atoms with E-state index < -0.39 is 18.6 Å². The number of rotatable bonds is 4. The molecule has 1 rings (SSSR count).